The van der Waals surface area contributed by atoms with E-state index in [0.717, 1.165) is 25.4 Å². The topological polar surface area (TPSA) is 41.1 Å². The van der Waals surface area contributed by atoms with Crippen molar-refractivity contribution in [2.24, 2.45) is 5.92 Å². The summed E-state index contributed by atoms with van der Waals surface area (Å²) in [5, 5.41) is 6.24. The van der Waals surface area contributed by atoms with Crippen molar-refractivity contribution in [3.05, 3.63) is 0 Å². The van der Waals surface area contributed by atoms with Gasteiger partial charge in [0.15, 0.2) is 0 Å². The largest absolute Gasteiger partial charge is 0.355 e. The second kappa shape index (κ2) is 8.82. The highest BCUT2D eigenvalue weighted by Crippen LogP contribution is 2.30. The van der Waals surface area contributed by atoms with Gasteiger partial charge in [0.25, 0.3) is 0 Å². The van der Waals surface area contributed by atoms with Crippen LogP contribution in [0.2, 0.25) is 0 Å². The van der Waals surface area contributed by atoms with Crippen LogP contribution in [0.3, 0.4) is 0 Å². The third-order valence-electron chi connectivity index (χ3n) is 3.16. The van der Waals surface area contributed by atoms with Gasteiger partial charge in [-0.2, -0.15) is 0 Å². The summed E-state index contributed by atoms with van der Waals surface area (Å²) in [6.07, 6.45) is 5.83. The third-order valence-corrected chi connectivity index (χ3v) is 3.16. The van der Waals surface area contributed by atoms with Crippen molar-refractivity contribution in [3.63, 3.8) is 0 Å². The standard InChI is InChI=1S/C12H24N2O.ClH/c1-3-13-10(2)9-14-12(15)8-7-11-5-4-6-11;/h10-11,13H,3-9H2,1-2H3,(H,14,15);1H/t10-;/m1./s1. The van der Waals surface area contributed by atoms with Gasteiger partial charge < -0.3 is 10.6 Å². The zero-order valence-electron chi connectivity index (χ0n) is 10.4. The molecule has 0 unspecified atom stereocenters. The summed E-state index contributed by atoms with van der Waals surface area (Å²) in [7, 11) is 0. The lowest BCUT2D eigenvalue weighted by Crippen LogP contribution is -2.38. The molecule has 0 bridgehead atoms. The molecule has 1 amide bonds. The monoisotopic (exact) mass is 248 g/mol. The van der Waals surface area contributed by atoms with Crippen LogP contribution in [0.15, 0.2) is 0 Å². The Morgan fingerprint density at radius 3 is 2.62 bits per heavy atom. The molecule has 0 aromatic rings. The van der Waals surface area contributed by atoms with Crippen LogP contribution in [0.5, 0.6) is 0 Å². The maximum atomic E-state index is 11.5. The zero-order valence-corrected chi connectivity index (χ0v) is 11.2. The van der Waals surface area contributed by atoms with E-state index in [1.54, 1.807) is 0 Å². The number of hydrogen-bond donors (Lipinski definition) is 2. The van der Waals surface area contributed by atoms with Gasteiger partial charge in [-0.1, -0.05) is 26.2 Å². The van der Waals surface area contributed by atoms with Crippen molar-refractivity contribution >= 4 is 18.3 Å². The lowest BCUT2D eigenvalue weighted by Gasteiger charge is -2.24. The van der Waals surface area contributed by atoms with E-state index in [2.05, 4.69) is 24.5 Å². The van der Waals surface area contributed by atoms with Gasteiger partial charge in [-0.15, -0.1) is 12.4 Å². The first kappa shape index (κ1) is 15.7. The summed E-state index contributed by atoms with van der Waals surface area (Å²) in [6, 6.07) is 0.377. The van der Waals surface area contributed by atoms with Gasteiger partial charge in [0, 0.05) is 19.0 Å². The number of amides is 1. The number of likely N-dealkylation sites (N-methyl/N-ethyl adjacent to an activating group) is 1. The predicted molar refractivity (Wildman–Crippen MR) is 70.0 cm³/mol. The minimum Gasteiger partial charge on any atom is -0.355 e. The van der Waals surface area contributed by atoms with Crippen molar-refractivity contribution in [2.75, 3.05) is 13.1 Å². The van der Waals surface area contributed by atoms with Gasteiger partial charge in [-0.05, 0) is 25.8 Å². The van der Waals surface area contributed by atoms with Gasteiger partial charge >= 0.3 is 0 Å². The van der Waals surface area contributed by atoms with E-state index in [1.165, 1.54) is 19.3 Å². The first-order valence-corrected chi connectivity index (χ1v) is 6.22. The summed E-state index contributed by atoms with van der Waals surface area (Å²) in [5.41, 5.74) is 0. The normalized spacial score (nSPS) is 17.1. The fourth-order valence-electron chi connectivity index (χ4n) is 1.89. The molecule has 1 saturated carbocycles. The van der Waals surface area contributed by atoms with Crippen LogP contribution in [0.1, 0.15) is 46.0 Å². The molecule has 3 nitrogen and oxygen atoms in total. The van der Waals surface area contributed by atoms with Gasteiger partial charge in [0.2, 0.25) is 5.91 Å². The molecule has 0 heterocycles. The second-order valence-electron chi connectivity index (χ2n) is 4.60. The maximum Gasteiger partial charge on any atom is 0.220 e. The number of rotatable bonds is 7. The third kappa shape index (κ3) is 6.33. The van der Waals surface area contributed by atoms with Gasteiger partial charge in [-0.25, -0.2) is 0 Å². The van der Waals surface area contributed by atoms with Crippen LogP contribution in [0, 0.1) is 5.92 Å². The van der Waals surface area contributed by atoms with Crippen LogP contribution in [0.4, 0.5) is 0 Å². The Hall–Kier alpha value is -0.280. The minimum atomic E-state index is 0. The average molecular weight is 249 g/mol. The molecule has 96 valence electrons. The molecule has 0 aromatic heterocycles. The van der Waals surface area contributed by atoms with E-state index in [4.69, 9.17) is 0 Å². The van der Waals surface area contributed by atoms with Gasteiger partial charge in [0.1, 0.15) is 0 Å². The van der Waals surface area contributed by atoms with Crippen molar-refractivity contribution in [2.45, 2.75) is 52.0 Å². The summed E-state index contributed by atoms with van der Waals surface area (Å²) in [4.78, 5) is 11.5. The molecule has 1 atom stereocenters. The Bertz CT molecular complexity index is 195. The highest BCUT2D eigenvalue weighted by Gasteiger charge is 2.18. The number of hydrogen-bond acceptors (Lipinski definition) is 2. The van der Waals surface area contributed by atoms with Crippen LogP contribution >= 0.6 is 12.4 Å². The molecule has 1 rings (SSSR count). The molecule has 0 spiro atoms. The minimum absolute atomic E-state index is 0. The van der Waals surface area contributed by atoms with Crippen molar-refractivity contribution < 1.29 is 4.79 Å². The molecule has 4 heteroatoms. The molecule has 2 N–H and O–H groups in total. The van der Waals surface area contributed by atoms with E-state index in [1.807, 2.05) is 0 Å². The number of carbonyl (C=O) groups excluding carboxylic acids is 1. The Balaban J connectivity index is 0.00000225. The molecule has 0 aliphatic heterocycles. The molecule has 1 aliphatic carbocycles. The average Bonchev–Trinajstić information content (AvgIpc) is 2.13. The van der Waals surface area contributed by atoms with E-state index in [0.29, 0.717) is 12.5 Å². The number of carbonyl (C=O) groups is 1. The van der Waals surface area contributed by atoms with E-state index < -0.39 is 0 Å². The summed E-state index contributed by atoms with van der Waals surface area (Å²) >= 11 is 0. The molecule has 0 saturated heterocycles. The molecule has 0 aromatic carbocycles. The predicted octanol–water partition coefficient (Wildman–Crippen LogP) is 2.10. The van der Waals surface area contributed by atoms with Crippen molar-refractivity contribution in [1.82, 2.24) is 10.6 Å². The van der Waals surface area contributed by atoms with Crippen LogP contribution in [-0.2, 0) is 4.79 Å². The van der Waals surface area contributed by atoms with E-state index >= 15 is 0 Å². The van der Waals surface area contributed by atoms with Crippen LogP contribution in [-0.4, -0.2) is 25.0 Å². The lowest BCUT2D eigenvalue weighted by molar-refractivity contribution is -0.121. The van der Waals surface area contributed by atoms with Gasteiger partial charge in [-0.3, -0.25) is 4.79 Å². The Morgan fingerprint density at radius 2 is 2.12 bits per heavy atom. The van der Waals surface area contributed by atoms with Gasteiger partial charge in [0.05, 0.1) is 0 Å². The summed E-state index contributed by atoms with van der Waals surface area (Å²) < 4.78 is 0. The number of nitrogens with one attached hydrogen (secondary N) is 2. The molecular weight excluding hydrogens is 224 g/mol. The smallest absolute Gasteiger partial charge is 0.220 e. The highest BCUT2D eigenvalue weighted by molar-refractivity contribution is 5.85. The second-order valence-corrected chi connectivity index (χ2v) is 4.60. The Labute approximate surface area is 105 Å². The molecule has 0 radical (unpaired) electrons. The van der Waals surface area contributed by atoms with Crippen LogP contribution in [0.25, 0.3) is 0 Å². The first-order valence-electron chi connectivity index (χ1n) is 6.22. The fraction of sp³-hybridized carbons (Fsp3) is 0.917. The van der Waals surface area contributed by atoms with Crippen molar-refractivity contribution in [3.8, 4) is 0 Å². The molecular formula is C12H25ClN2O. The van der Waals surface area contributed by atoms with Crippen molar-refractivity contribution in [1.29, 1.82) is 0 Å². The molecule has 16 heavy (non-hydrogen) atoms. The first-order chi connectivity index (χ1) is 7.22. The van der Waals surface area contributed by atoms with Crippen LogP contribution < -0.4 is 10.6 Å². The zero-order chi connectivity index (χ0) is 11.1. The highest BCUT2D eigenvalue weighted by atomic mass is 35.5. The lowest BCUT2D eigenvalue weighted by atomic mass is 9.82. The summed E-state index contributed by atoms with van der Waals surface area (Å²) in [6.45, 7) is 5.88. The Morgan fingerprint density at radius 1 is 1.44 bits per heavy atom. The fourth-order valence-corrected chi connectivity index (χ4v) is 1.89. The maximum absolute atomic E-state index is 11.5. The quantitative estimate of drug-likeness (QED) is 0.725. The number of halogens is 1. The Kier molecular flexibility index (Phi) is 8.67. The molecule has 1 aliphatic rings. The SMILES string of the molecule is CCN[C@H](C)CNC(=O)CCC1CCC1.Cl. The summed E-state index contributed by atoms with van der Waals surface area (Å²) in [5.74, 6) is 1.05. The van der Waals surface area contributed by atoms with E-state index in [9.17, 15) is 4.79 Å². The van der Waals surface area contributed by atoms with E-state index in [-0.39, 0.29) is 18.3 Å². The molecule has 1 fully saturated rings.